The van der Waals surface area contributed by atoms with E-state index in [1.807, 2.05) is 54.6 Å². The number of para-hydroxylation sites is 1. The molecule has 0 spiro atoms. The number of anilines is 1. The van der Waals surface area contributed by atoms with Gasteiger partial charge in [0.1, 0.15) is 12.2 Å². The first-order chi connectivity index (χ1) is 9.29. The molecule has 0 saturated carbocycles. The zero-order valence-electron chi connectivity index (χ0n) is 10.3. The number of fused-ring (bicyclic) bond motifs is 5. The van der Waals surface area contributed by atoms with E-state index in [1.54, 1.807) is 0 Å². The van der Waals surface area contributed by atoms with E-state index in [9.17, 15) is 10.2 Å². The van der Waals surface area contributed by atoms with E-state index in [0.29, 0.717) is 0 Å². The van der Waals surface area contributed by atoms with Crippen molar-refractivity contribution in [3.63, 3.8) is 0 Å². The molecule has 2 aromatic rings. The van der Waals surface area contributed by atoms with Crippen LogP contribution in [-0.4, -0.2) is 22.4 Å². The molecule has 1 fully saturated rings. The molecule has 96 valence electrons. The summed E-state index contributed by atoms with van der Waals surface area (Å²) in [6, 6.07) is 17.8. The number of nitrogens with zero attached hydrogens (tertiary/aromatic N) is 1. The molecule has 4 rings (SSSR count). The first-order valence-corrected chi connectivity index (χ1v) is 6.57. The van der Waals surface area contributed by atoms with E-state index in [2.05, 4.69) is 4.90 Å². The van der Waals surface area contributed by atoms with E-state index >= 15 is 0 Å². The second-order valence-corrected chi connectivity index (χ2v) is 5.24. The highest BCUT2D eigenvalue weighted by Crippen LogP contribution is 2.54. The van der Waals surface area contributed by atoms with E-state index in [4.69, 9.17) is 0 Å². The molecule has 2 aliphatic heterocycles. The SMILES string of the molecule is OC1C(O)C2c3ccccc3C1N2c1ccccc1. The van der Waals surface area contributed by atoms with Crippen LogP contribution < -0.4 is 4.90 Å². The zero-order valence-corrected chi connectivity index (χ0v) is 10.3. The molecule has 4 atom stereocenters. The highest BCUT2D eigenvalue weighted by molar-refractivity contribution is 5.61. The molecule has 0 aliphatic carbocycles. The smallest absolute Gasteiger partial charge is 0.107 e. The monoisotopic (exact) mass is 253 g/mol. The van der Waals surface area contributed by atoms with Crippen molar-refractivity contribution in [3.05, 3.63) is 65.7 Å². The summed E-state index contributed by atoms with van der Waals surface area (Å²) in [5, 5.41) is 20.5. The van der Waals surface area contributed by atoms with Gasteiger partial charge in [0.25, 0.3) is 0 Å². The van der Waals surface area contributed by atoms with Gasteiger partial charge in [-0.05, 0) is 23.3 Å². The number of benzene rings is 2. The van der Waals surface area contributed by atoms with Crippen molar-refractivity contribution in [3.8, 4) is 0 Å². The maximum Gasteiger partial charge on any atom is 0.107 e. The number of rotatable bonds is 1. The molecular weight excluding hydrogens is 238 g/mol. The van der Waals surface area contributed by atoms with Crippen LogP contribution in [0.15, 0.2) is 54.6 Å². The molecule has 2 N–H and O–H groups in total. The summed E-state index contributed by atoms with van der Waals surface area (Å²) >= 11 is 0. The van der Waals surface area contributed by atoms with Gasteiger partial charge in [-0.1, -0.05) is 42.5 Å². The lowest BCUT2D eigenvalue weighted by Crippen LogP contribution is -2.30. The summed E-state index contributed by atoms with van der Waals surface area (Å²) < 4.78 is 0. The van der Waals surface area contributed by atoms with Gasteiger partial charge in [-0.15, -0.1) is 0 Å². The third-order valence-corrected chi connectivity index (χ3v) is 4.28. The Morgan fingerprint density at radius 3 is 1.68 bits per heavy atom. The predicted octanol–water partition coefficient (Wildman–Crippen LogP) is 2.02. The summed E-state index contributed by atoms with van der Waals surface area (Å²) in [4.78, 5) is 2.14. The molecule has 3 heteroatoms. The maximum absolute atomic E-state index is 10.3. The molecule has 19 heavy (non-hydrogen) atoms. The fraction of sp³-hybridized carbons (Fsp3) is 0.250. The Morgan fingerprint density at radius 2 is 1.16 bits per heavy atom. The Morgan fingerprint density at radius 1 is 0.684 bits per heavy atom. The highest BCUT2D eigenvalue weighted by atomic mass is 16.3. The first kappa shape index (κ1) is 11.0. The zero-order chi connectivity index (χ0) is 13.0. The van der Waals surface area contributed by atoms with E-state index in [-0.39, 0.29) is 12.1 Å². The normalized spacial score (nSPS) is 31.6. The van der Waals surface area contributed by atoms with Gasteiger partial charge in [-0.3, -0.25) is 0 Å². The lowest BCUT2D eigenvalue weighted by atomic mass is 9.88. The van der Waals surface area contributed by atoms with Crippen LogP contribution in [0, 0.1) is 0 Å². The summed E-state index contributed by atoms with van der Waals surface area (Å²) in [6.07, 6.45) is -1.44. The van der Waals surface area contributed by atoms with Crippen molar-refractivity contribution in [2.24, 2.45) is 0 Å². The topological polar surface area (TPSA) is 43.7 Å². The first-order valence-electron chi connectivity index (χ1n) is 6.57. The average Bonchev–Trinajstić information content (AvgIpc) is 2.93. The van der Waals surface area contributed by atoms with Crippen molar-refractivity contribution >= 4 is 5.69 Å². The van der Waals surface area contributed by atoms with Crippen LogP contribution >= 0.6 is 0 Å². The van der Waals surface area contributed by atoms with Crippen LogP contribution in [0.5, 0.6) is 0 Å². The minimum atomic E-state index is -0.722. The van der Waals surface area contributed by atoms with Crippen LogP contribution in [0.3, 0.4) is 0 Å². The maximum atomic E-state index is 10.3. The number of hydrogen-bond donors (Lipinski definition) is 2. The van der Waals surface area contributed by atoms with Crippen LogP contribution in [0.2, 0.25) is 0 Å². The third kappa shape index (κ3) is 1.34. The van der Waals surface area contributed by atoms with E-state index in [1.165, 1.54) is 0 Å². The molecule has 2 aromatic carbocycles. The van der Waals surface area contributed by atoms with Crippen molar-refractivity contribution in [2.75, 3.05) is 4.90 Å². The summed E-state index contributed by atoms with van der Waals surface area (Å²) in [6.45, 7) is 0. The van der Waals surface area contributed by atoms with Gasteiger partial charge in [-0.25, -0.2) is 0 Å². The van der Waals surface area contributed by atoms with Gasteiger partial charge in [0.2, 0.25) is 0 Å². The summed E-state index contributed by atoms with van der Waals surface area (Å²) in [5.74, 6) is 0. The Hall–Kier alpha value is -1.84. The second-order valence-electron chi connectivity index (χ2n) is 5.24. The van der Waals surface area contributed by atoms with Gasteiger partial charge >= 0.3 is 0 Å². The minimum Gasteiger partial charge on any atom is -0.388 e. The number of aliphatic hydroxyl groups excluding tert-OH is 2. The lowest BCUT2D eigenvalue weighted by molar-refractivity contribution is 0.0217. The number of hydrogen-bond acceptors (Lipinski definition) is 3. The quantitative estimate of drug-likeness (QED) is 0.817. The fourth-order valence-corrected chi connectivity index (χ4v) is 3.51. The Bertz CT molecular complexity index is 578. The van der Waals surface area contributed by atoms with Crippen LogP contribution in [0.25, 0.3) is 0 Å². The van der Waals surface area contributed by atoms with Crippen LogP contribution in [0.1, 0.15) is 23.2 Å². The largest absolute Gasteiger partial charge is 0.388 e. The van der Waals surface area contributed by atoms with E-state index in [0.717, 1.165) is 16.8 Å². The van der Waals surface area contributed by atoms with Crippen molar-refractivity contribution in [1.82, 2.24) is 0 Å². The standard InChI is InChI=1S/C16H15NO2/c18-15-13-11-8-4-5-9-12(11)14(16(15)19)17(13)10-6-2-1-3-7-10/h1-9,13-16,18-19H. The van der Waals surface area contributed by atoms with Crippen molar-refractivity contribution in [2.45, 2.75) is 24.3 Å². The van der Waals surface area contributed by atoms with Gasteiger partial charge < -0.3 is 15.1 Å². The van der Waals surface area contributed by atoms with Crippen molar-refractivity contribution < 1.29 is 10.2 Å². The predicted molar refractivity (Wildman–Crippen MR) is 72.9 cm³/mol. The van der Waals surface area contributed by atoms with Crippen LogP contribution in [-0.2, 0) is 0 Å². The molecule has 2 aliphatic rings. The number of aliphatic hydroxyl groups is 2. The summed E-state index contributed by atoms with van der Waals surface area (Å²) in [5.41, 5.74) is 3.31. The Kier molecular flexibility index (Phi) is 2.22. The van der Waals surface area contributed by atoms with Crippen molar-refractivity contribution in [1.29, 1.82) is 0 Å². The van der Waals surface area contributed by atoms with Gasteiger partial charge in [0.15, 0.2) is 0 Å². The van der Waals surface area contributed by atoms with Gasteiger partial charge in [0, 0.05) is 5.69 Å². The van der Waals surface area contributed by atoms with Gasteiger partial charge in [0.05, 0.1) is 12.1 Å². The molecule has 0 radical (unpaired) electrons. The Balaban J connectivity index is 1.89. The van der Waals surface area contributed by atoms with E-state index < -0.39 is 12.2 Å². The average molecular weight is 253 g/mol. The second kappa shape index (κ2) is 3.83. The molecule has 0 amide bonds. The van der Waals surface area contributed by atoms with Crippen LogP contribution in [0.4, 0.5) is 5.69 Å². The third-order valence-electron chi connectivity index (χ3n) is 4.28. The Labute approximate surface area is 111 Å². The molecule has 2 heterocycles. The fourth-order valence-electron chi connectivity index (χ4n) is 3.51. The summed E-state index contributed by atoms with van der Waals surface area (Å²) in [7, 11) is 0. The molecule has 2 bridgehead atoms. The molecule has 4 unspecified atom stereocenters. The molecule has 3 nitrogen and oxygen atoms in total. The molecule has 0 aromatic heterocycles. The minimum absolute atomic E-state index is 0.140. The molecular formula is C16H15NO2. The lowest BCUT2D eigenvalue weighted by Gasteiger charge is -2.25. The highest BCUT2D eigenvalue weighted by Gasteiger charge is 2.55. The van der Waals surface area contributed by atoms with Gasteiger partial charge in [-0.2, -0.15) is 0 Å². The molecule has 1 saturated heterocycles.